The van der Waals surface area contributed by atoms with Crippen molar-refractivity contribution in [1.82, 2.24) is 14.4 Å². The normalized spacial score (nSPS) is 17.8. The fourth-order valence-corrected chi connectivity index (χ4v) is 4.57. The van der Waals surface area contributed by atoms with E-state index in [1.54, 1.807) is 18.4 Å². The van der Waals surface area contributed by atoms with Crippen LogP contribution >= 0.6 is 11.3 Å². The van der Waals surface area contributed by atoms with Gasteiger partial charge in [-0.15, -0.1) is 11.3 Å². The van der Waals surface area contributed by atoms with Gasteiger partial charge in [-0.2, -0.15) is 0 Å². The largest absolute Gasteiger partial charge is 0.493 e. The summed E-state index contributed by atoms with van der Waals surface area (Å²) in [5.41, 5.74) is 2.93. The summed E-state index contributed by atoms with van der Waals surface area (Å²) in [4.78, 5) is 21.9. The molecular formula is C20H22N4O3S. The second-order valence-corrected chi connectivity index (χ2v) is 8.27. The molecule has 1 amide bonds. The summed E-state index contributed by atoms with van der Waals surface area (Å²) < 4.78 is 12.9. The van der Waals surface area contributed by atoms with Crippen molar-refractivity contribution in [2.75, 3.05) is 25.6 Å². The van der Waals surface area contributed by atoms with Crippen molar-refractivity contribution >= 4 is 28.6 Å². The van der Waals surface area contributed by atoms with Crippen molar-refractivity contribution in [3.05, 3.63) is 40.2 Å². The van der Waals surface area contributed by atoms with Crippen LogP contribution in [0, 0.1) is 0 Å². The third kappa shape index (κ3) is 3.38. The Bertz CT molecular complexity index is 1020. The number of amides is 1. The number of hydrogen-bond acceptors (Lipinski definition) is 6. The van der Waals surface area contributed by atoms with Crippen molar-refractivity contribution in [2.24, 2.45) is 0 Å². The summed E-state index contributed by atoms with van der Waals surface area (Å²) in [6.07, 6.45) is 8.21. The number of imidazole rings is 1. The molecule has 5 rings (SSSR count). The minimum Gasteiger partial charge on any atom is -0.493 e. The molecule has 146 valence electrons. The first-order valence-corrected chi connectivity index (χ1v) is 10.5. The third-order valence-electron chi connectivity index (χ3n) is 5.33. The smallest absolute Gasteiger partial charge is 0.275 e. The molecule has 1 saturated heterocycles. The van der Waals surface area contributed by atoms with Crippen LogP contribution in [0.2, 0.25) is 0 Å². The molecule has 3 aromatic rings. The molecule has 0 bridgehead atoms. The van der Waals surface area contributed by atoms with E-state index in [1.807, 2.05) is 28.2 Å². The molecule has 1 aliphatic carbocycles. The first kappa shape index (κ1) is 17.6. The Balaban J connectivity index is 1.41. The predicted molar refractivity (Wildman–Crippen MR) is 107 cm³/mol. The molecule has 0 spiro atoms. The van der Waals surface area contributed by atoms with Crippen molar-refractivity contribution in [3.8, 4) is 5.75 Å². The molecule has 28 heavy (non-hydrogen) atoms. The van der Waals surface area contributed by atoms with E-state index < -0.39 is 0 Å². The van der Waals surface area contributed by atoms with E-state index in [1.165, 1.54) is 12.8 Å². The van der Waals surface area contributed by atoms with Crippen molar-refractivity contribution in [1.29, 1.82) is 0 Å². The van der Waals surface area contributed by atoms with E-state index in [-0.39, 0.29) is 5.91 Å². The second kappa shape index (κ2) is 7.18. The average Bonchev–Trinajstić information content (AvgIpc) is 3.28. The fraction of sp³-hybridized carbons (Fsp3) is 0.450. The van der Waals surface area contributed by atoms with E-state index >= 15 is 0 Å². The fourth-order valence-electron chi connectivity index (χ4n) is 3.60. The lowest BCUT2D eigenvalue weighted by atomic mass is 9.97. The molecule has 2 aliphatic rings. The van der Waals surface area contributed by atoms with Crippen LogP contribution in [0.25, 0.3) is 5.65 Å². The van der Waals surface area contributed by atoms with Gasteiger partial charge >= 0.3 is 0 Å². The van der Waals surface area contributed by atoms with Gasteiger partial charge in [0.15, 0.2) is 11.4 Å². The van der Waals surface area contributed by atoms with E-state index in [2.05, 4.69) is 10.3 Å². The Morgan fingerprint density at radius 1 is 1.21 bits per heavy atom. The van der Waals surface area contributed by atoms with Gasteiger partial charge in [-0.05, 0) is 25.7 Å². The number of rotatable bonds is 5. The number of fused-ring (bicyclic) bond motifs is 1. The van der Waals surface area contributed by atoms with Gasteiger partial charge in [0.2, 0.25) is 0 Å². The lowest BCUT2D eigenvalue weighted by Crippen LogP contribution is -2.14. The maximum atomic E-state index is 12.6. The summed E-state index contributed by atoms with van der Waals surface area (Å²) in [6, 6.07) is 1.81. The van der Waals surface area contributed by atoms with Gasteiger partial charge in [-0.1, -0.05) is 0 Å². The van der Waals surface area contributed by atoms with Gasteiger partial charge in [-0.3, -0.25) is 4.79 Å². The zero-order chi connectivity index (χ0) is 19.1. The van der Waals surface area contributed by atoms with E-state index in [9.17, 15) is 4.79 Å². The number of pyridine rings is 1. The number of carbonyl (C=O) groups excluding carboxylic acids is 1. The average molecular weight is 398 g/mol. The van der Waals surface area contributed by atoms with Crippen molar-refractivity contribution in [3.63, 3.8) is 0 Å². The standard InChI is InChI=1S/C20H22N4O3S/c1-26-17-8-14(21-19(25)16-11-28-20(23-16)13-2-3-13)9-24-10-15(22-18(17)24)12-4-6-27-7-5-12/h8-13H,2-7H2,1H3,(H,21,25). The summed E-state index contributed by atoms with van der Waals surface area (Å²) in [7, 11) is 1.62. The zero-order valence-corrected chi connectivity index (χ0v) is 16.5. The Hall–Kier alpha value is -2.45. The molecule has 0 aromatic carbocycles. The molecular weight excluding hydrogens is 376 g/mol. The van der Waals surface area contributed by atoms with E-state index in [4.69, 9.17) is 14.5 Å². The molecule has 4 heterocycles. The maximum absolute atomic E-state index is 12.6. The van der Waals surface area contributed by atoms with Crippen LogP contribution in [0.5, 0.6) is 5.75 Å². The molecule has 1 N–H and O–H groups in total. The number of aromatic nitrogens is 3. The number of carbonyl (C=O) groups is 1. The van der Waals surface area contributed by atoms with Crippen LogP contribution < -0.4 is 10.1 Å². The van der Waals surface area contributed by atoms with E-state index in [0.717, 1.165) is 42.4 Å². The van der Waals surface area contributed by atoms with Gasteiger partial charge < -0.3 is 19.2 Å². The molecule has 3 aromatic heterocycles. The van der Waals surface area contributed by atoms with Gasteiger partial charge in [-0.25, -0.2) is 9.97 Å². The molecule has 0 radical (unpaired) electrons. The minimum absolute atomic E-state index is 0.200. The zero-order valence-electron chi connectivity index (χ0n) is 15.7. The summed E-state index contributed by atoms with van der Waals surface area (Å²) in [5.74, 6) is 1.38. The topological polar surface area (TPSA) is 77.8 Å². The number of ether oxygens (including phenoxy) is 2. The maximum Gasteiger partial charge on any atom is 0.275 e. The molecule has 1 saturated carbocycles. The van der Waals surface area contributed by atoms with Crippen LogP contribution in [0.1, 0.15) is 58.7 Å². The SMILES string of the molecule is COc1cc(NC(=O)c2csc(C3CC3)n2)cn2cc(C3CCOCC3)nc12. The lowest BCUT2D eigenvalue weighted by Gasteiger charge is -2.19. The molecule has 8 heteroatoms. The Morgan fingerprint density at radius 3 is 2.79 bits per heavy atom. The number of hydrogen-bond donors (Lipinski definition) is 1. The quantitative estimate of drug-likeness (QED) is 0.707. The Morgan fingerprint density at radius 2 is 2.04 bits per heavy atom. The number of thiazole rings is 1. The lowest BCUT2D eigenvalue weighted by molar-refractivity contribution is 0.0846. The van der Waals surface area contributed by atoms with Gasteiger partial charge in [0, 0.05) is 48.9 Å². The van der Waals surface area contributed by atoms with E-state index in [0.29, 0.717) is 29.0 Å². The van der Waals surface area contributed by atoms with Crippen LogP contribution in [0.15, 0.2) is 23.8 Å². The Labute approximate surface area is 166 Å². The first-order chi connectivity index (χ1) is 13.7. The van der Waals surface area contributed by atoms with Crippen molar-refractivity contribution < 1.29 is 14.3 Å². The number of nitrogens with one attached hydrogen (secondary N) is 1. The van der Waals surface area contributed by atoms with Crippen LogP contribution in [-0.2, 0) is 4.74 Å². The highest BCUT2D eigenvalue weighted by atomic mass is 32.1. The van der Waals surface area contributed by atoms with Gasteiger partial charge in [0.25, 0.3) is 5.91 Å². The third-order valence-corrected chi connectivity index (χ3v) is 6.34. The number of anilines is 1. The highest BCUT2D eigenvalue weighted by Gasteiger charge is 2.27. The molecule has 7 nitrogen and oxygen atoms in total. The Kier molecular flexibility index (Phi) is 4.52. The van der Waals surface area contributed by atoms with Gasteiger partial charge in [0.1, 0.15) is 5.69 Å². The van der Waals surface area contributed by atoms with Crippen LogP contribution in [0.4, 0.5) is 5.69 Å². The molecule has 0 atom stereocenters. The highest BCUT2D eigenvalue weighted by molar-refractivity contribution is 7.10. The molecule has 2 fully saturated rings. The predicted octanol–water partition coefficient (Wildman–Crippen LogP) is 3.82. The number of nitrogens with zero attached hydrogens (tertiary/aromatic N) is 3. The van der Waals surface area contributed by atoms with Crippen LogP contribution in [0.3, 0.4) is 0 Å². The number of methoxy groups -OCH3 is 1. The molecule has 0 unspecified atom stereocenters. The second-order valence-electron chi connectivity index (χ2n) is 7.38. The van der Waals surface area contributed by atoms with Gasteiger partial charge in [0.05, 0.1) is 23.5 Å². The molecule has 1 aliphatic heterocycles. The summed E-state index contributed by atoms with van der Waals surface area (Å²) >= 11 is 1.57. The van der Waals surface area contributed by atoms with Crippen LogP contribution in [-0.4, -0.2) is 40.6 Å². The first-order valence-electron chi connectivity index (χ1n) is 9.62. The van der Waals surface area contributed by atoms with Crippen molar-refractivity contribution in [2.45, 2.75) is 37.5 Å². The monoisotopic (exact) mass is 398 g/mol. The minimum atomic E-state index is -0.200. The highest BCUT2D eigenvalue weighted by Crippen LogP contribution is 2.41. The summed E-state index contributed by atoms with van der Waals surface area (Å²) in [6.45, 7) is 1.54. The summed E-state index contributed by atoms with van der Waals surface area (Å²) in [5, 5.41) is 5.84.